The van der Waals surface area contributed by atoms with Crippen molar-refractivity contribution in [3.8, 4) is 11.4 Å². The Hall–Kier alpha value is -2.63. The number of aryl methyl sites for hydroxylation is 2. The molecule has 4 rings (SSSR count). The monoisotopic (exact) mass is 405 g/mol. The van der Waals surface area contributed by atoms with Gasteiger partial charge in [-0.15, -0.1) is 0 Å². The zero-order valence-electron chi connectivity index (χ0n) is 18.4. The molecule has 0 atom stereocenters. The number of benzene rings is 2. The molecule has 1 saturated heterocycles. The minimum absolute atomic E-state index is 0.692. The second-order valence-corrected chi connectivity index (χ2v) is 8.36. The molecule has 0 saturated carbocycles. The van der Waals surface area contributed by atoms with E-state index in [4.69, 9.17) is 9.84 Å². The molecule has 2 aromatic carbocycles. The number of aromatic nitrogens is 2. The molecule has 1 aliphatic rings. The van der Waals surface area contributed by atoms with Gasteiger partial charge in [-0.2, -0.15) is 5.10 Å². The first-order chi connectivity index (χ1) is 14.4. The van der Waals surface area contributed by atoms with Crippen LogP contribution in [0.5, 0.6) is 5.75 Å². The largest absolute Gasteiger partial charge is 0.496 e. The number of hydrogen-bond donors (Lipinski definition) is 1. The van der Waals surface area contributed by atoms with Crippen molar-refractivity contribution in [2.75, 3.05) is 20.2 Å². The summed E-state index contributed by atoms with van der Waals surface area (Å²) in [7, 11) is 1.66. The van der Waals surface area contributed by atoms with Gasteiger partial charge in [0.1, 0.15) is 5.75 Å². The van der Waals surface area contributed by atoms with Gasteiger partial charge in [-0.25, -0.2) is 4.68 Å². The predicted octanol–water partition coefficient (Wildman–Crippen LogP) is 4.29. The molecule has 0 unspecified atom stereocenters. The van der Waals surface area contributed by atoms with Crippen molar-refractivity contribution in [3.05, 3.63) is 76.6 Å². The van der Waals surface area contributed by atoms with E-state index in [1.165, 1.54) is 16.8 Å². The quantitative estimate of drug-likeness (QED) is 0.688. The van der Waals surface area contributed by atoms with Crippen LogP contribution >= 0.6 is 0 Å². The molecule has 0 spiro atoms. The van der Waals surface area contributed by atoms with Crippen molar-refractivity contribution in [1.29, 1.82) is 0 Å². The fraction of sp³-hybridized carbons (Fsp3) is 0.400. The highest BCUT2D eigenvalue weighted by molar-refractivity contribution is 5.43. The van der Waals surface area contributed by atoms with Crippen LogP contribution in [-0.4, -0.2) is 40.0 Å². The van der Waals surface area contributed by atoms with E-state index in [2.05, 4.69) is 54.6 Å². The number of piperidine rings is 1. The number of rotatable bonds is 5. The SMILES string of the molecule is COc1ccccc1C1(O)CCN(Cc2c(C)nn(-c3ccccc3C)c2C)CC1. The second-order valence-electron chi connectivity index (χ2n) is 8.36. The average Bonchev–Trinajstić information content (AvgIpc) is 3.04. The summed E-state index contributed by atoms with van der Waals surface area (Å²) in [5, 5.41) is 16.1. The zero-order valence-corrected chi connectivity index (χ0v) is 18.4. The number of hydrogen-bond acceptors (Lipinski definition) is 4. The third-order valence-electron chi connectivity index (χ3n) is 6.46. The van der Waals surface area contributed by atoms with Gasteiger partial charge in [0.25, 0.3) is 0 Å². The maximum Gasteiger partial charge on any atom is 0.124 e. The Morgan fingerprint density at radius 1 is 1.00 bits per heavy atom. The number of nitrogens with zero attached hydrogens (tertiary/aromatic N) is 3. The summed E-state index contributed by atoms with van der Waals surface area (Å²) in [6.07, 6.45) is 1.38. The average molecular weight is 406 g/mol. The van der Waals surface area contributed by atoms with E-state index >= 15 is 0 Å². The molecule has 0 radical (unpaired) electrons. The Morgan fingerprint density at radius 3 is 2.37 bits per heavy atom. The first-order valence-corrected chi connectivity index (χ1v) is 10.6. The number of ether oxygens (including phenoxy) is 1. The Bertz CT molecular complexity index is 1030. The Labute approximate surface area is 178 Å². The molecule has 0 amide bonds. The van der Waals surface area contributed by atoms with Crippen LogP contribution < -0.4 is 4.74 Å². The fourth-order valence-corrected chi connectivity index (χ4v) is 4.54. The van der Waals surface area contributed by atoms with Crippen LogP contribution in [0.15, 0.2) is 48.5 Å². The van der Waals surface area contributed by atoms with E-state index in [0.717, 1.165) is 42.3 Å². The highest BCUT2D eigenvalue weighted by atomic mass is 16.5. The van der Waals surface area contributed by atoms with E-state index < -0.39 is 5.60 Å². The molecule has 5 heteroatoms. The second kappa shape index (κ2) is 8.25. The van der Waals surface area contributed by atoms with Crippen molar-refractivity contribution in [2.24, 2.45) is 0 Å². The van der Waals surface area contributed by atoms with E-state index in [1.54, 1.807) is 7.11 Å². The molecule has 2 heterocycles. The number of methoxy groups -OCH3 is 1. The lowest BCUT2D eigenvalue weighted by atomic mass is 9.83. The minimum atomic E-state index is -0.835. The summed E-state index contributed by atoms with van der Waals surface area (Å²) < 4.78 is 7.55. The minimum Gasteiger partial charge on any atom is -0.496 e. The lowest BCUT2D eigenvalue weighted by molar-refractivity contribution is -0.0293. The van der Waals surface area contributed by atoms with Crippen LogP contribution in [0.25, 0.3) is 5.69 Å². The molecule has 1 N–H and O–H groups in total. The Morgan fingerprint density at radius 2 is 1.67 bits per heavy atom. The van der Waals surface area contributed by atoms with Gasteiger partial charge in [0.2, 0.25) is 0 Å². The van der Waals surface area contributed by atoms with Gasteiger partial charge in [0, 0.05) is 36.5 Å². The van der Waals surface area contributed by atoms with Gasteiger partial charge in [-0.1, -0.05) is 36.4 Å². The van der Waals surface area contributed by atoms with Crippen molar-refractivity contribution in [2.45, 2.75) is 45.8 Å². The molecule has 30 heavy (non-hydrogen) atoms. The van der Waals surface area contributed by atoms with Crippen LogP contribution in [0.3, 0.4) is 0 Å². The molecular weight excluding hydrogens is 374 g/mol. The van der Waals surface area contributed by atoms with Gasteiger partial charge in [-0.05, 0) is 51.3 Å². The van der Waals surface area contributed by atoms with Crippen molar-refractivity contribution < 1.29 is 9.84 Å². The lowest BCUT2D eigenvalue weighted by Crippen LogP contribution is -2.42. The topological polar surface area (TPSA) is 50.5 Å². The fourth-order valence-electron chi connectivity index (χ4n) is 4.54. The summed E-state index contributed by atoms with van der Waals surface area (Å²) in [4.78, 5) is 2.42. The summed E-state index contributed by atoms with van der Waals surface area (Å²) in [6, 6.07) is 16.2. The molecule has 5 nitrogen and oxygen atoms in total. The standard InChI is InChI=1S/C25H31N3O2/c1-18-9-5-7-11-23(18)28-20(3)21(19(2)26-28)17-27-15-13-25(29,14-16-27)22-10-6-8-12-24(22)30-4/h5-12,29H,13-17H2,1-4H3. The maximum atomic E-state index is 11.3. The Balaban J connectivity index is 1.50. The van der Waals surface area contributed by atoms with Gasteiger partial charge < -0.3 is 9.84 Å². The summed E-state index contributed by atoms with van der Waals surface area (Å²) in [5.74, 6) is 0.764. The number of likely N-dealkylation sites (tertiary alicyclic amines) is 1. The van der Waals surface area contributed by atoms with Gasteiger partial charge in [0.05, 0.1) is 24.1 Å². The van der Waals surface area contributed by atoms with E-state index in [0.29, 0.717) is 12.8 Å². The van der Waals surface area contributed by atoms with Crippen LogP contribution in [0.1, 0.15) is 40.9 Å². The molecule has 158 valence electrons. The van der Waals surface area contributed by atoms with E-state index in [1.807, 2.05) is 24.3 Å². The summed E-state index contributed by atoms with van der Waals surface area (Å²) in [6.45, 7) is 8.88. The van der Waals surface area contributed by atoms with Crippen LogP contribution in [0.4, 0.5) is 0 Å². The van der Waals surface area contributed by atoms with Gasteiger partial charge in [0.15, 0.2) is 0 Å². The third kappa shape index (κ3) is 3.75. The maximum absolute atomic E-state index is 11.3. The smallest absolute Gasteiger partial charge is 0.124 e. The molecule has 1 fully saturated rings. The highest BCUT2D eigenvalue weighted by Gasteiger charge is 2.36. The highest BCUT2D eigenvalue weighted by Crippen LogP contribution is 2.38. The molecule has 0 bridgehead atoms. The Kier molecular flexibility index (Phi) is 5.67. The van der Waals surface area contributed by atoms with Crippen LogP contribution in [0, 0.1) is 20.8 Å². The third-order valence-corrected chi connectivity index (χ3v) is 6.46. The normalized spacial score (nSPS) is 16.6. The van der Waals surface area contributed by atoms with E-state index in [9.17, 15) is 5.11 Å². The summed E-state index contributed by atoms with van der Waals surface area (Å²) in [5.41, 5.74) is 5.95. The van der Waals surface area contributed by atoms with Gasteiger partial charge >= 0.3 is 0 Å². The first kappa shape index (κ1) is 20.6. The molecule has 1 aromatic heterocycles. The zero-order chi connectivity index (χ0) is 21.3. The first-order valence-electron chi connectivity index (χ1n) is 10.6. The molecule has 3 aromatic rings. The number of aliphatic hydroxyl groups is 1. The molecule has 0 aliphatic carbocycles. The molecule has 1 aliphatic heterocycles. The van der Waals surface area contributed by atoms with Crippen molar-refractivity contribution in [3.63, 3.8) is 0 Å². The van der Waals surface area contributed by atoms with Crippen LogP contribution in [-0.2, 0) is 12.1 Å². The summed E-state index contributed by atoms with van der Waals surface area (Å²) >= 11 is 0. The molecular formula is C25H31N3O2. The van der Waals surface area contributed by atoms with Gasteiger partial charge in [-0.3, -0.25) is 4.90 Å². The van der Waals surface area contributed by atoms with Crippen molar-refractivity contribution >= 4 is 0 Å². The predicted molar refractivity (Wildman–Crippen MR) is 119 cm³/mol. The lowest BCUT2D eigenvalue weighted by Gasteiger charge is -2.39. The van der Waals surface area contributed by atoms with Crippen LogP contribution in [0.2, 0.25) is 0 Å². The van der Waals surface area contributed by atoms with Crippen molar-refractivity contribution in [1.82, 2.24) is 14.7 Å². The number of para-hydroxylation sites is 2. The van der Waals surface area contributed by atoms with E-state index in [-0.39, 0.29) is 0 Å².